The molecule has 0 aliphatic rings. The molecule has 8 nitrogen and oxygen atoms in total. The van der Waals surface area contributed by atoms with Crippen LogP contribution in [0.25, 0.3) is 10.9 Å². The van der Waals surface area contributed by atoms with Gasteiger partial charge in [0.25, 0.3) is 0 Å². The molecular weight excluding hydrogens is 336 g/mol. The third-order valence-corrected chi connectivity index (χ3v) is 3.69. The van der Waals surface area contributed by atoms with Crippen LogP contribution in [-0.4, -0.2) is 38.2 Å². The van der Waals surface area contributed by atoms with E-state index in [0.29, 0.717) is 22.4 Å². The van der Waals surface area contributed by atoms with Crippen LogP contribution in [0.2, 0.25) is 0 Å². The molecule has 1 unspecified atom stereocenters. The lowest BCUT2D eigenvalue weighted by Gasteiger charge is -2.14. The van der Waals surface area contributed by atoms with Crippen molar-refractivity contribution in [1.82, 2.24) is 9.97 Å². The number of nitrogens with zero attached hydrogens (tertiary/aromatic N) is 2. The summed E-state index contributed by atoms with van der Waals surface area (Å²) < 4.78 is 0. The molecule has 26 heavy (non-hydrogen) atoms. The number of anilines is 3. The molecule has 0 fully saturated rings. The summed E-state index contributed by atoms with van der Waals surface area (Å²) in [6, 6.07) is 12.6. The third kappa shape index (κ3) is 3.69. The predicted molar refractivity (Wildman–Crippen MR) is 96.9 cm³/mol. The van der Waals surface area contributed by atoms with E-state index >= 15 is 0 Å². The van der Waals surface area contributed by atoms with Gasteiger partial charge in [-0.05, 0) is 37.3 Å². The Morgan fingerprint density at radius 2 is 1.81 bits per heavy atom. The molecule has 3 aromatic rings. The van der Waals surface area contributed by atoms with Gasteiger partial charge in [0.05, 0.1) is 11.1 Å². The minimum absolute atomic E-state index is 0.133. The summed E-state index contributed by atoms with van der Waals surface area (Å²) in [5.74, 6) is -1.43. The van der Waals surface area contributed by atoms with Gasteiger partial charge >= 0.3 is 11.9 Å². The fourth-order valence-corrected chi connectivity index (χ4v) is 2.37. The Hall–Kier alpha value is -3.68. The molecule has 4 N–H and O–H groups in total. The van der Waals surface area contributed by atoms with E-state index in [4.69, 9.17) is 10.2 Å². The molecule has 0 aliphatic carbocycles. The predicted octanol–water partition coefficient (Wildman–Crippen LogP) is 2.96. The Kier molecular flexibility index (Phi) is 4.66. The number of carboxylic acid groups (broad SMARTS) is 2. The molecule has 0 amide bonds. The van der Waals surface area contributed by atoms with E-state index in [1.807, 2.05) is 12.1 Å². The Morgan fingerprint density at radius 3 is 2.54 bits per heavy atom. The second-order valence-electron chi connectivity index (χ2n) is 5.63. The second kappa shape index (κ2) is 7.06. The molecule has 0 radical (unpaired) electrons. The molecular formula is C18H16N4O4. The molecule has 132 valence electrons. The topological polar surface area (TPSA) is 124 Å². The first-order chi connectivity index (χ1) is 12.4. The lowest BCUT2D eigenvalue weighted by molar-refractivity contribution is -0.137. The van der Waals surface area contributed by atoms with Gasteiger partial charge in [0.1, 0.15) is 11.9 Å². The van der Waals surface area contributed by atoms with Gasteiger partial charge in [0.15, 0.2) is 0 Å². The zero-order valence-corrected chi connectivity index (χ0v) is 13.8. The number of carboxylic acids is 2. The summed E-state index contributed by atoms with van der Waals surface area (Å²) in [4.78, 5) is 31.0. The van der Waals surface area contributed by atoms with Crippen molar-refractivity contribution >= 4 is 40.3 Å². The highest BCUT2D eigenvalue weighted by Gasteiger charge is 2.15. The van der Waals surface area contributed by atoms with Crippen LogP contribution in [0.4, 0.5) is 17.5 Å². The number of para-hydroxylation sites is 1. The lowest BCUT2D eigenvalue weighted by Crippen LogP contribution is -2.26. The molecule has 0 bridgehead atoms. The zero-order chi connectivity index (χ0) is 18.7. The SMILES string of the molecule is CC(Nc1nc(Nc2cccc(C(=O)O)c2)nc2ccccc12)C(=O)O. The first-order valence-electron chi connectivity index (χ1n) is 7.80. The van der Waals surface area contributed by atoms with E-state index in [0.717, 1.165) is 0 Å². The quantitative estimate of drug-likeness (QED) is 0.534. The summed E-state index contributed by atoms with van der Waals surface area (Å²) >= 11 is 0. The summed E-state index contributed by atoms with van der Waals surface area (Å²) in [6.45, 7) is 1.52. The van der Waals surface area contributed by atoms with E-state index in [1.165, 1.54) is 19.1 Å². The van der Waals surface area contributed by atoms with Gasteiger partial charge in [0, 0.05) is 11.1 Å². The van der Waals surface area contributed by atoms with E-state index in [1.54, 1.807) is 24.3 Å². The Bertz CT molecular complexity index is 990. The van der Waals surface area contributed by atoms with E-state index < -0.39 is 18.0 Å². The number of benzene rings is 2. The molecule has 8 heteroatoms. The molecule has 3 rings (SSSR count). The normalized spacial score (nSPS) is 11.7. The van der Waals surface area contributed by atoms with Crippen LogP contribution in [0.5, 0.6) is 0 Å². The smallest absolute Gasteiger partial charge is 0.335 e. The van der Waals surface area contributed by atoms with Crippen molar-refractivity contribution in [2.24, 2.45) is 0 Å². The highest BCUT2D eigenvalue weighted by atomic mass is 16.4. The standard InChI is InChI=1S/C18H16N4O4/c1-10(16(23)24)19-15-13-7-2-3-8-14(13)21-18(22-15)20-12-6-4-5-11(9-12)17(25)26/h2-10H,1H3,(H,23,24)(H,25,26)(H2,19,20,21,22). The van der Waals surface area contributed by atoms with E-state index in [9.17, 15) is 9.59 Å². The van der Waals surface area contributed by atoms with Crippen LogP contribution in [0.3, 0.4) is 0 Å². The fourth-order valence-electron chi connectivity index (χ4n) is 2.37. The van der Waals surface area contributed by atoms with Gasteiger partial charge < -0.3 is 20.8 Å². The van der Waals surface area contributed by atoms with Gasteiger partial charge in [0.2, 0.25) is 5.95 Å². The zero-order valence-electron chi connectivity index (χ0n) is 13.8. The van der Waals surface area contributed by atoms with Crippen molar-refractivity contribution in [3.05, 3.63) is 54.1 Å². The highest BCUT2D eigenvalue weighted by Crippen LogP contribution is 2.24. The Balaban J connectivity index is 2.00. The van der Waals surface area contributed by atoms with Crippen molar-refractivity contribution in [3.63, 3.8) is 0 Å². The number of carbonyl (C=O) groups is 2. The maximum absolute atomic E-state index is 11.1. The summed E-state index contributed by atoms with van der Waals surface area (Å²) in [6.07, 6.45) is 0. The van der Waals surface area contributed by atoms with Crippen LogP contribution in [-0.2, 0) is 4.79 Å². The average molecular weight is 352 g/mol. The molecule has 1 atom stereocenters. The number of aliphatic carboxylic acids is 1. The first-order valence-corrected chi connectivity index (χ1v) is 7.80. The summed E-state index contributed by atoms with van der Waals surface area (Å²) in [7, 11) is 0. The molecule has 2 aromatic carbocycles. The van der Waals surface area contributed by atoms with Crippen molar-refractivity contribution in [1.29, 1.82) is 0 Å². The van der Waals surface area contributed by atoms with Crippen LogP contribution >= 0.6 is 0 Å². The van der Waals surface area contributed by atoms with Crippen molar-refractivity contribution in [2.75, 3.05) is 10.6 Å². The van der Waals surface area contributed by atoms with Gasteiger partial charge in [-0.25, -0.2) is 9.78 Å². The number of hydrogen-bond acceptors (Lipinski definition) is 6. The van der Waals surface area contributed by atoms with Gasteiger partial charge in [-0.1, -0.05) is 18.2 Å². The molecule has 0 saturated heterocycles. The Labute approximate surface area is 148 Å². The second-order valence-corrected chi connectivity index (χ2v) is 5.63. The van der Waals surface area contributed by atoms with Crippen molar-refractivity contribution in [2.45, 2.75) is 13.0 Å². The average Bonchev–Trinajstić information content (AvgIpc) is 2.61. The monoisotopic (exact) mass is 352 g/mol. The maximum Gasteiger partial charge on any atom is 0.335 e. The fraction of sp³-hybridized carbons (Fsp3) is 0.111. The van der Waals surface area contributed by atoms with Gasteiger partial charge in [-0.3, -0.25) is 4.79 Å². The maximum atomic E-state index is 11.1. The number of rotatable bonds is 6. The molecule has 1 aromatic heterocycles. The summed E-state index contributed by atoms with van der Waals surface area (Å²) in [5.41, 5.74) is 1.27. The molecule has 0 aliphatic heterocycles. The number of nitrogens with one attached hydrogen (secondary N) is 2. The molecule has 0 saturated carbocycles. The van der Waals surface area contributed by atoms with Gasteiger partial charge in [-0.2, -0.15) is 4.98 Å². The van der Waals surface area contributed by atoms with Crippen molar-refractivity contribution < 1.29 is 19.8 Å². The third-order valence-electron chi connectivity index (χ3n) is 3.69. The van der Waals surface area contributed by atoms with Crippen LogP contribution < -0.4 is 10.6 Å². The number of aromatic nitrogens is 2. The Morgan fingerprint density at radius 1 is 1.04 bits per heavy atom. The molecule has 0 spiro atoms. The van der Waals surface area contributed by atoms with E-state index in [2.05, 4.69) is 20.6 Å². The number of hydrogen-bond donors (Lipinski definition) is 4. The number of fused-ring (bicyclic) bond motifs is 1. The van der Waals surface area contributed by atoms with Gasteiger partial charge in [-0.15, -0.1) is 0 Å². The minimum Gasteiger partial charge on any atom is -0.480 e. The minimum atomic E-state index is -1.04. The summed E-state index contributed by atoms with van der Waals surface area (Å²) in [5, 5.41) is 24.7. The van der Waals surface area contributed by atoms with Crippen LogP contribution in [0.15, 0.2) is 48.5 Å². The number of aromatic carboxylic acids is 1. The lowest BCUT2D eigenvalue weighted by atomic mass is 10.2. The van der Waals surface area contributed by atoms with Crippen LogP contribution in [0.1, 0.15) is 17.3 Å². The largest absolute Gasteiger partial charge is 0.480 e. The highest BCUT2D eigenvalue weighted by molar-refractivity contribution is 5.92. The van der Waals surface area contributed by atoms with E-state index in [-0.39, 0.29) is 11.5 Å². The van der Waals surface area contributed by atoms with Crippen molar-refractivity contribution in [3.8, 4) is 0 Å². The van der Waals surface area contributed by atoms with Crippen LogP contribution in [0, 0.1) is 0 Å². The molecule has 1 heterocycles. The first kappa shape index (κ1) is 17.2.